The van der Waals surface area contributed by atoms with Crippen molar-refractivity contribution in [2.24, 2.45) is 0 Å². The molecule has 0 saturated heterocycles. The van der Waals surface area contributed by atoms with Crippen molar-refractivity contribution in [3.8, 4) is 22.5 Å². The van der Waals surface area contributed by atoms with Crippen molar-refractivity contribution in [2.45, 2.75) is 32.7 Å². The van der Waals surface area contributed by atoms with Crippen LogP contribution in [-0.2, 0) is 13.0 Å². The summed E-state index contributed by atoms with van der Waals surface area (Å²) in [5, 5.41) is 27.4. The number of rotatable bonds is 9. The van der Waals surface area contributed by atoms with E-state index in [0.29, 0.717) is 29.3 Å². The maximum Gasteiger partial charge on any atom is 0.277 e. The zero-order valence-corrected chi connectivity index (χ0v) is 22.8. The molecule has 192 valence electrons. The van der Waals surface area contributed by atoms with E-state index >= 15 is 0 Å². The standard InChI is InChI=1S/C27H23BrClN7O2/c1-2-3-12-23-30-26(29)24(25(37)21-10-7-11-22(28)36(21)38)35(23)16-17-13-14-19(18-8-5-4-6-9-18)20(15-17)27-31-33-34-32-27/h4-11,13-15H,2-3,12,16H2,1H3,(H,31,32,33,34). The molecule has 0 spiro atoms. The number of tetrazole rings is 1. The van der Waals surface area contributed by atoms with Crippen molar-refractivity contribution in [3.63, 3.8) is 0 Å². The number of aromatic nitrogens is 7. The molecule has 1 N–H and O–H groups in total. The average Bonchev–Trinajstić information content (AvgIpc) is 3.57. The highest BCUT2D eigenvalue weighted by molar-refractivity contribution is 9.10. The summed E-state index contributed by atoms with van der Waals surface area (Å²) < 4.78 is 2.58. The largest absolute Gasteiger partial charge is 0.617 e. The summed E-state index contributed by atoms with van der Waals surface area (Å²) in [4.78, 5) is 18.1. The van der Waals surface area contributed by atoms with Gasteiger partial charge in [0, 0.05) is 46.6 Å². The van der Waals surface area contributed by atoms with Crippen LogP contribution in [0.3, 0.4) is 0 Å². The van der Waals surface area contributed by atoms with Crippen molar-refractivity contribution in [1.29, 1.82) is 0 Å². The molecular weight excluding hydrogens is 570 g/mol. The van der Waals surface area contributed by atoms with E-state index in [2.05, 4.69) is 48.5 Å². The number of halogens is 2. The fourth-order valence-electron chi connectivity index (χ4n) is 4.34. The van der Waals surface area contributed by atoms with E-state index in [1.165, 1.54) is 6.07 Å². The first-order valence-corrected chi connectivity index (χ1v) is 13.2. The van der Waals surface area contributed by atoms with Crippen LogP contribution in [0.4, 0.5) is 0 Å². The molecule has 0 bridgehead atoms. The van der Waals surface area contributed by atoms with E-state index in [9.17, 15) is 10.0 Å². The Labute approximate surface area is 232 Å². The summed E-state index contributed by atoms with van der Waals surface area (Å²) >= 11 is 9.74. The molecule has 0 atom stereocenters. The molecule has 11 heteroatoms. The fraction of sp³-hybridized carbons (Fsp3) is 0.185. The molecule has 0 radical (unpaired) electrons. The van der Waals surface area contributed by atoms with Crippen molar-refractivity contribution >= 4 is 33.3 Å². The van der Waals surface area contributed by atoms with Crippen molar-refractivity contribution < 1.29 is 9.52 Å². The van der Waals surface area contributed by atoms with Crippen LogP contribution >= 0.6 is 27.5 Å². The van der Waals surface area contributed by atoms with E-state index in [0.717, 1.165) is 35.1 Å². The SMILES string of the molecule is CCCCc1nc(Cl)c(C(=O)c2cccc(Br)[n+]2[O-])n1Cc1ccc(-c2ccccc2)c(-c2nn[nH]n2)c1. The predicted molar refractivity (Wildman–Crippen MR) is 147 cm³/mol. The highest BCUT2D eigenvalue weighted by Gasteiger charge is 2.29. The van der Waals surface area contributed by atoms with Gasteiger partial charge >= 0.3 is 0 Å². The average molecular weight is 593 g/mol. The molecule has 0 aliphatic carbocycles. The Morgan fingerprint density at radius 2 is 1.92 bits per heavy atom. The second-order valence-corrected chi connectivity index (χ2v) is 9.87. The number of imidazole rings is 1. The second-order valence-electron chi connectivity index (χ2n) is 8.70. The normalized spacial score (nSPS) is 11.1. The van der Waals surface area contributed by atoms with Gasteiger partial charge in [-0.15, -0.1) is 10.2 Å². The number of carbonyl (C=O) groups is 1. The fourth-order valence-corrected chi connectivity index (χ4v) is 4.97. The molecule has 0 fully saturated rings. The third kappa shape index (κ3) is 5.09. The van der Waals surface area contributed by atoms with Crippen LogP contribution in [0, 0.1) is 5.21 Å². The molecule has 3 aromatic heterocycles. The maximum atomic E-state index is 13.6. The van der Waals surface area contributed by atoms with Crippen molar-refractivity contribution in [2.75, 3.05) is 0 Å². The lowest BCUT2D eigenvalue weighted by atomic mass is 9.97. The zero-order chi connectivity index (χ0) is 26.6. The van der Waals surface area contributed by atoms with Gasteiger partial charge in [-0.3, -0.25) is 4.79 Å². The molecule has 5 aromatic rings. The number of hydrogen-bond donors (Lipinski definition) is 1. The van der Waals surface area contributed by atoms with Gasteiger partial charge in [0.25, 0.3) is 16.1 Å². The molecular formula is C27H23BrClN7O2. The van der Waals surface area contributed by atoms with Crippen LogP contribution in [0.2, 0.25) is 5.15 Å². The minimum Gasteiger partial charge on any atom is -0.617 e. The smallest absolute Gasteiger partial charge is 0.277 e. The molecule has 0 aliphatic rings. The summed E-state index contributed by atoms with van der Waals surface area (Å²) in [7, 11) is 0. The number of ketones is 1. The number of aromatic amines is 1. The van der Waals surface area contributed by atoms with E-state index in [1.54, 1.807) is 16.7 Å². The summed E-state index contributed by atoms with van der Waals surface area (Å²) in [6.07, 6.45) is 2.47. The number of nitrogens with one attached hydrogen (secondary N) is 1. The molecule has 3 heterocycles. The first-order chi connectivity index (χ1) is 18.5. The molecule has 38 heavy (non-hydrogen) atoms. The Morgan fingerprint density at radius 3 is 2.66 bits per heavy atom. The molecule has 0 amide bonds. The first-order valence-electron chi connectivity index (χ1n) is 12.1. The Bertz CT molecular complexity index is 1590. The van der Waals surface area contributed by atoms with Gasteiger partial charge in [-0.1, -0.05) is 67.4 Å². The van der Waals surface area contributed by atoms with E-state index in [4.69, 9.17) is 11.6 Å². The highest BCUT2D eigenvalue weighted by atomic mass is 79.9. The highest BCUT2D eigenvalue weighted by Crippen LogP contribution is 2.32. The van der Waals surface area contributed by atoms with Gasteiger partial charge < -0.3 is 9.77 Å². The lowest BCUT2D eigenvalue weighted by Gasteiger charge is -2.14. The number of carbonyl (C=O) groups excluding carboxylic acids is 1. The number of pyridine rings is 1. The third-order valence-electron chi connectivity index (χ3n) is 6.20. The number of H-pyrrole nitrogens is 1. The predicted octanol–water partition coefficient (Wildman–Crippen LogP) is 5.40. The van der Waals surface area contributed by atoms with Gasteiger partial charge in [0.2, 0.25) is 5.82 Å². The number of aryl methyl sites for hydroxylation is 1. The van der Waals surface area contributed by atoms with Gasteiger partial charge in [0.1, 0.15) is 11.5 Å². The van der Waals surface area contributed by atoms with E-state index in [-0.39, 0.29) is 21.1 Å². The Balaban J connectivity index is 1.61. The van der Waals surface area contributed by atoms with E-state index < -0.39 is 5.78 Å². The van der Waals surface area contributed by atoms with Gasteiger partial charge in [-0.25, -0.2) is 4.98 Å². The Hall–Kier alpha value is -3.89. The van der Waals surface area contributed by atoms with Crippen molar-refractivity contribution in [1.82, 2.24) is 30.2 Å². The van der Waals surface area contributed by atoms with Crippen LogP contribution in [0.1, 0.15) is 47.3 Å². The number of nitrogens with zero attached hydrogens (tertiary/aromatic N) is 6. The van der Waals surface area contributed by atoms with Crippen LogP contribution in [-0.4, -0.2) is 36.0 Å². The number of benzene rings is 2. The lowest BCUT2D eigenvalue weighted by molar-refractivity contribution is -0.619. The van der Waals surface area contributed by atoms with Crippen molar-refractivity contribution in [3.05, 3.63) is 104 Å². The monoisotopic (exact) mass is 591 g/mol. The second kappa shape index (κ2) is 11.2. The number of hydrogen-bond acceptors (Lipinski definition) is 6. The summed E-state index contributed by atoms with van der Waals surface area (Å²) in [5.41, 5.74) is 3.77. The van der Waals surface area contributed by atoms with Gasteiger partial charge in [-0.05, 0) is 40.5 Å². The molecule has 9 nitrogen and oxygen atoms in total. The maximum absolute atomic E-state index is 13.6. The molecule has 0 aliphatic heterocycles. The molecule has 5 rings (SSSR count). The van der Waals surface area contributed by atoms with Gasteiger partial charge in [0.15, 0.2) is 5.15 Å². The minimum atomic E-state index is -0.499. The number of unbranched alkanes of at least 4 members (excludes halogenated alkanes) is 1. The van der Waals surface area contributed by atoms with Gasteiger partial charge in [-0.2, -0.15) is 9.94 Å². The topological polar surface area (TPSA) is 116 Å². The summed E-state index contributed by atoms with van der Waals surface area (Å²) in [6, 6.07) is 20.6. The Morgan fingerprint density at radius 1 is 1.11 bits per heavy atom. The third-order valence-corrected chi connectivity index (χ3v) is 7.05. The van der Waals surface area contributed by atoms with Gasteiger partial charge in [0.05, 0.1) is 0 Å². The molecule has 0 unspecified atom stereocenters. The zero-order valence-electron chi connectivity index (χ0n) is 20.4. The summed E-state index contributed by atoms with van der Waals surface area (Å²) in [6.45, 7) is 2.40. The van der Waals surface area contributed by atoms with Crippen LogP contribution in [0.5, 0.6) is 0 Å². The molecule has 0 saturated carbocycles. The van der Waals surface area contributed by atoms with Crippen LogP contribution in [0.25, 0.3) is 22.5 Å². The minimum absolute atomic E-state index is 0.0450. The van der Waals surface area contributed by atoms with Crippen LogP contribution < -0.4 is 4.73 Å². The molecule has 2 aromatic carbocycles. The first kappa shape index (κ1) is 25.7. The quantitative estimate of drug-likeness (QED) is 0.106. The lowest BCUT2D eigenvalue weighted by Crippen LogP contribution is -2.36. The summed E-state index contributed by atoms with van der Waals surface area (Å²) in [5.74, 6) is 0.639. The Kier molecular flexibility index (Phi) is 7.62. The van der Waals surface area contributed by atoms with Crippen LogP contribution in [0.15, 0.2) is 71.3 Å². The van der Waals surface area contributed by atoms with E-state index in [1.807, 2.05) is 48.5 Å².